The van der Waals surface area contributed by atoms with Crippen molar-refractivity contribution >= 4 is 11.9 Å². The summed E-state index contributed by atoms with van der Waals surface area (Å²) in [7, 11) is 4.08. The van der Waals surface area contributed by atoms with E-state index in [1.807, 2.05) is 21.0 Å². The zero-order valence-corrected chi connectivity index (χ0v) is 13.6. The van der Waals surface area contributed by atoms with Gasteiger partial charge in [-0.1, -0.05) is 13.8 Å². The number of nitrogens with one attached hydrogen (secondary N) is 1. The van der Waals surface area contributed by atoms with Gasteiger partial charge in [0.15, 0.2) is 0 Å². The molecule has 1 aromatic heterocycles. The Labute approximate surface area is 126 Å². The van der Waals surface area contributed by atoms with E-state index in [1.54, 1.807) is 0 Å². The molecule has 0 spiro atoms. The Balaban J connectivity index is 3.00. The van der Waals surface area contributed by atoms with E-state index in [-0.39, 0.29) is 6.01 Å². The fraction of sp³-hybridized carbons (Fsp3) is 0.769. The lowest BCUT2D eigenvalue weighted by molar-refractivity contribution is 0.311. The summed E-state index contributed by atoms with van der Waals surface area (Å²) in [5.41, 5.74) is 2.46. The first-order chi connectivity index (χ1) is 9.96. The molecule has 0 aliphatic carbocycles. The van der Waals surface area contributed by atoms with Gasteiger partial charge in [-0.2, -0.15) is 15.0 Å². The van der Waals surface area contributed by atoms with Gasteiger partial charge in [0.05, 0.1) is 6.61 Å². The lowest BCUT2D eigenvalue weighted by Crippen LogP contribution is -2.36. The Morgan fingerprint density at radius 2 is 1.90 bits per heavy atom. The molecule has 21 heavy (non-hydrogen) atoms. The van der Waals surface area contributed by atoms with E-state index in [1.165, 1.54) is 0 Å². The van der Waals surface area contributed by atoms with Crippen molar-refractivity contribution < 1.29 is 4.74 Å². The van der Waals surface area contributed by atoms with Crippen LogP contribution in [0.4, 0.5) is 11.9 Å². The van der Waals surface area contributed by atoms with Gasteiger partial charge in [-0.3, -0.25) is 5.43 Å². The molecule has 1 rings (SSSR count). The number of ether oxygens (including phenoxy) is 1. The number of nitrogens with two attached hydrogens (primary N) is 1. The number of hydrogen-bond acceptors (Lipinski definition) is 8. The summed E-state index contributed by atoms with van der Waals surface area (Å²) in [5, 5.41) is 0. The Morgan fingerprint density at radius 3 is 2.43 bits per heavy atom. The molecular weight excluding hydrogens is 270 g/mol. The second kappa shape index (κ2) is 8.58. The Morgan fingerprint density at radius 1 is 1.19 bits per heavy atom. The third-order valence-electron chi connectivity index (χ3n) is 2.69. The first-order valence-corrected chi connectivity index (χ1v) is 7.21. The lowest BCUT2D eigenvalue weighted by atomic mass is 10.2. The number of anilines is 2. The van der Waals surface area contributed by atoms with Crippen molar-refractivity contribution in [3.63, 3.8) is 0 Å². The van der Waals surface area contributed by atoms with Crippen LogP contribution in [0.15, 0.2) is 0 Å². The zero-order chi connectivity index (χ0) is 15.8. The maximum absolute atomic E-state index is 5.42. The first-order valence-electron chi connectivity index (χ1n) is 7.21. The zero-order valence-electron chi connectivity index (χ0n) is 13.6. The molecule has 0 fully saturated rings. The summed E-state index contributed by atoms with van der Waals surface area (Å²) in [6.45, 7) is 9.29. The standard InChI is InChI=1S/C13H27N7O/c1-6-21-13-16-11(18-14)15-12(17-13)20(9-10(2)3)8-7-19(4)5/h10H,6-9,14H2,1-5H3,(H,15,16,17,18). The van der Waals surface area contributed by atoms with E-state index in [0.717, 1.165) is 19.6 Å². The van der Waals surface area contributed by atoms with Crippen molar-refractivity contribution in [1.82, 2.24) is 19.9 Å². The highest BCUT2D eigenvalue weighted by molar-refractivity contribution is 5.37. The fourth-order valence-corrected chi connectivity index (χ4v) is 1.78. The average Bonchev–Trinajstić information content (AvgIpc) is 2.42. The highest BCUT2D eigenvalue weighted by Crippen LogP contribution is 2.16. The van der Waals surface area contributed by atoms with Crippen LogP contribution in [0.1, 0.15) is 20.8 Å². The van der Waals surface area contributed by atoms with Gasteiger partial charge in [0, 0.05) is 19.6 Å². The number of rotatable bonds is 9. The van der Waals surface area contributed by atoms with Gasteiger partial charge < -0.3 is 14.5 Å². The largest absolute Gasteiger partial charge is 0.464 e. The van der Waals surface area contributed by atoms with E-state index in [4.69, 9.17) is 10.6 Å². The van der Waals surface area contributed by atoms with Crippen LogP contribution in [0.25, 0.3) is 0 Å². The van der Waals surface area contributed by atoms with Crippen molar-refractivity contribution in [2.75, 3.05) is 50.7 Å². The molecule has 0 atom stereocenters. The van der Waals surface area contributed by atoms with Crippen LogP contribution in [-0.2, 0) is 0 Å². The monoisotopic (exact) mass is 297 g/mol. The minimum atomic E-state index is 0.286. The minimum Gasteiger partial charge on any atom is -0.464 e. The van der Waals surface area contributed by atoms with Gasteiger partial charge in [-0.15, -0.1) is 0 Å². The van der Waals surface area contributed by atoms with Crippen LogP contribution in [-0.4, -0.2) is 60.2 Å². The van der Waals surface area contributed by atoms with Crippen molar-refractivity contribution in [2.24, 2.45) is 11.8 Å². The number of hydrogen-bond donors (Lipinski definition) is 2. The van der Waals surface area contributed by atoms with Crippen molar-refractivity contribution in [1.29, 1.82) is 0 Å². The van der Waals surface area contributed by atoms with Crippen molar-refractivity contribution in [3.05, 3.63) is 0 Å². The molecule has 0 unspecified atom stereocenters. The van der Waals surface area contributed by atoms with Gasteiger partial charge >= 0.3 is 6.01 Å². The van der Waals surface area contributed by atoms with Crippen LogP contribution < -0.4 is 20.9 Å². The van der Waals surface area contributed by atoms with Crippen molar-refractivity contribution in [2.45, 2.75) is 20.8 Å². The van der Waals surface area contributed by atoms with Crippen LogP contribution in [0.5, 0.6) is 6.01 Å². The van der Waals surface area contributed by atoms with Crippen LogP contribution in [0.3, 0.4) is 0 Å². The highest BCUT2D eigenvalue weighted by atomic mass is 16.5. The predicted octanol–water partition coefficient (Wildman–Crippen LogP) is 0.580. The van der Waals surface area contributed by atoms with Gasteiger partial charge in [0.2, 0.25) is 11.9 Å². The maximum Gasteiger partial charge on any atom is 0.323 e. The number of nitrogens with zero attached hydrogens (tertiary/aromatic N) is 5. The van der Waals surface area contributed by atoms with E-state index in [2.05, 4.69) is 44.0 Å². The van der Waals surface area contributed by atoms with E-state index in [9.17, 15) is 0 Å². The molecule has 0 aliphatic rings. The molecule has 0 bridgehead atoms. The topological polar surface area (TPSA) is 92.4 Å². The summed E-state index contributed by atoms with van der Waals surface area (Å²) in [6.07, 6.45) is 0. The molecule has 3 N–H and O–H groups in total. The van der Waals surface area contributed by atoms with Gasteiger partial charge in [-0.05, 0) is 26.9 Å². The molecule has 0 saturated heterocycles. The first kappa shape index (κ1) is 17.4. The number of aromatic nitrogens is 3. The Kier molecular flexibility index (Phi) is 7.10. The molecule has 0 amide bonds. The predicted molar refractivity (Wildman–Crippen MR) is 84.4 cm³/mol. The lowest BCUT2D eigenvalue weighted by Gasteiger charge is -2.26. The van der Waals surface area contributed by atoms with Crippen LogP contribution >= 0.6 is 0 Å². The molecule has 0 radical (unpaired) electrons. The second-order valence-electron chi connectivity index (χ2n) is 5.46. The molecule has 0 aromatic carbocycles. The molecule has 0 saturated carbocycles. The average molecular weight is 297 g/mol. The molecule has 0 aliphatic heterocycles. The third-order valence-corrected chi connectivity index (χ3v) is 2.69. The molecular formula is C13H27N7O. The van der Waals surface area contributed by atoms with E-state index < -0.39 is 0 Å². The molecule has 8 nitrogen and oxygen atoms in total. The summed E-state index contributed by atoms with van der Waals surface area (Å²) in [5.74, 6) is 6.80. The Bertz CT molecular complexity index is 425. The highest BCUT2D eigenvalue weighted by Gasteiger charge is 2.15. The van der Waals surface area contributed by atoms with Crippen LogP contribution in [0.2, 0.25) is 0 Å². The second-order valence-corrected chi connectivity index (χ2v) is 5.46. The normalized spacial score (nSPS) is 11.0. The smallest absolute Gasteiger partial charge is 0.323 e. The number of hydrazine groups is 1. The van der Waals surface area contributed by atoms with Crippen LogP contribution in [0, 0.1) is 5.92 Å². The van der Waals surface area contributed by atoms with E-state index >= 15 is 0 Å². The minimum absolute atomic E-state index is 0.286. The summed E-state index contributed by atoms with van der Waals surface area (Å²) in [4.78, 5) is 17.0. The Hall–Kier alpha value is -1.67. The summed E-state index contributed by atoms with van der Waals surface area (Å²) >= 11 is 0. The van der Waals surface area contributed by atoms with E-state index in [0.29, 0.717) is 24.4 Å². The molecule has 1 heterocycles. The molecule has 1 aromatic rings. The quantitative estimate of drug-likeness (QED) is 0.505. The SMILES string of the molecule is CCOc1nc(NN)nc(N(CCN(C)C)CC(C)C)n1. The van der Waals surface area contributed by atoms with Gasteiger partial charge in [-0.25, -0.2) is 5.84 Å². The molecule has 8 heteroatoms. The van der Waals surface area contributed by atoms with Gasteiger partial charge in [0.25, 0.3) is 0 Å². The summed E-state index contributed by atoms with van der Waals surface area (Å²) in [6, 6.07) is 0.286. The number of likely N-dealkylation sites (N-methyl/N-ethyl adjacent to an activating group) is 1. The van der Waals surface area contributed by atoms with Gasteiger partial charge in [0.1, 0.15) is 0 Å². The van der Waals surface area contributed by atoms with Crippen molar-refractivity contribution in [3.8, 4) is 6.01 Å². The fourth-order valence-electron chi connectivity index (χ4n) is 1.78. The summed E-state index contributed by atoms with van der Waals surface area (Å²) < 4.78 is 5.37. The molecule has 120 valence electrons. The third kappa shape index (κ3) is 6.09. The maximum atomic E-state index is 5.42. The number of nitrogen functional groups attached to an aromatic ring is 1.